The molecule has 0 atom stereocenters. The predicted molar refractivity (Wildman–Crippen MR) is 82.9 cm³/mol. The van der Waals surface area contributed by atoms with Gasteiger partial charge in [0.25, 0.3) is 0 Å². The van der Waals surface area contributed by atoms with E-state index in [4.69, 9.17) is 19.9 Å². The molecule has 2 N–H and O–H groups in total. The molecule has 0 aliphatic heterocycles. The molecular formula is C17H21NO3. The number of nitrogens with two attached hydrogens (primary N) is 1. The lowest BCUT2D eigenvalue weighted by atomic mass is 10.1. The lowest BCUT2D eigenvalue weighted by Gasteiger charge is -2.16. The summed E-state index contributed by atoms with van der Waals surface area (Å²) in [5, 5.41) is 0. The zero-order chi connectivity index (χ0) is 15.2. The Balaban J connectivity index is 2.26. The van der Waals surface area contributed by atoms with Crippen molar-refractivity contribution < 1.29 is 14.2 Å². The molecule has 0 radical (unpaired) electrons. The molecule has 21 heavy (non-hydrogen) atoms. The summed E-state index contributed by atoms with van der Waals surface area (Å²) in [5.74, 6) is 1.85. The van der Waals surface area contributed by atoms with Crippen molar-refractivity contribution in [1.82, 2.24) is 0 Å². The molecule has 2 rings (SSSR count). The largest absolute Gasteiger partial charge is 0.493 e. The van der Waals surface area contributed by atoms with E-state index < -0.39 is 0 Å². The number of hydrogen-bond acceptors (Lipinski definition) is 4. The van der Waals surface area contributed by atoms with Gasteiger partial charge in [0.05, 0.1) is 14.2 Å². The van der Waals surface area contributed by atoms with Gasteiger partial charge < -0.3 is 19.9 Å². The quantitative estimate of drug-likeness (QED) is 0.887. The minimum absolute atomic E-state index is 0.422. The van der Waals surface area contributed by atoms with Crippen molar-refractivity contribution in [2.24, 2.45) is 5.73 Å². The number of rotatable bonds is 6. The van der Waals surface area contributed by atoms with Gasteiger partial charge >= 0.3 is 0 Å². The summed E-state index contributed by atoms with van der Waals surface area (Å²) in [6.45, 7) is 2.93. The van der Waals surface area contributed by atoms with Gasteiger partial charge in [0.15, 0.2) is 11.5 Å². The van der Waals surface area contributed by atoms with E-state index in [0.29, 0.717) is 30.4 Å². The van der Waals surface area contributed by atoms with E-state index in [0.717, 1.165) is 11.1 Å². The number of hydrogen-bond donors (Lipinski definition) is 1. The summed E-state index contributed by atoms with van der Waals surface area (Å²) in [6.07, 6.45) is 0. The average Bonchev–Trinajstić information content (AvgIpc) is 2.52. The third-order valence-electron chi connectivity index (χ3n) is 3.22. The number of methoxy groups -OCH3 is 2. The Bertz CT molecular complexity index is 586. The monoisotopic (exact) mass is 287 g/mol. The summed E-state index contributed by atoms with van der Waals surface area (Å²) in [7, 11) is 3.21. The summed E-state index contributed by atoms with van der Waals surface area (Å²) in [4.78, 5) is 0. The van der Waals surface area contributed by atoms with Crippen molar-refractivity contribution in [1.29, 1.82) is 0 Å². The van der Waals surface area contributed by atoms with E-state index in [1.165, 1.54) is 5.56 Å². The highest BCUT2D eigenvalue weighted by Gasteiger charge is 2.14. The van der Waals surface area contributed by atoms with Crippen LogP contribution >= 0.6 is 0 Å². The topological polar surface area (TPSA) is 53.7 Å². The van der Waals surface area contributed by atoms with Crippen LogP contribution < -0.4 is 19.9 Å². The fourth-order valence-electron chi connectivity index (χ4n) is 2.15. The second kappa shape index (κ2) is 6.99. The predicted octanol–water partition coefficient (Wildman–Crippen LogP) is 3.05. The maximum absolute atomic E-state index is 5.90. The van der Waals surface area contributed by atoms with Gasteiger partial charge in [0, 0.05) is 6.54 Å². The first-order valence-electron chi connectivity index (χ1n) is 6.81. The normalized spacial score (nSPS) is 10.3. The van der Waals surface area contributed by atoms with Gasteiger partial charge in [0.1, 0.15) is 6.61 Å². The van der Waals surface area contributed by atoms with Crippen molar-refractivity contribution in [2.75, 3.05) is 14.2 Å². The summed E-state index contributed by atoms with van der Waals surface area (Å²) in [5.41, 5.74) is 8.91. The van der Waals surface area contributed by atoms with Gasteiger partial charge in [-0.15, -0.1) is 0 Å². The molecular weight excluding hydrogens is 266 g/mol. The van der Waals surface area contributed by atoms with Crippen LogP contribution in [-0.2, 0) is 13.2 Å². The van der Waals surface area contributed by atoms with Gasteiger partial charge in [-0.05, 0) is 30.2 Å². The fraction of sp³-hybridized carbons (Fsp3) is 0.294. The summed E-state index contributed by atoms with van der Waals surface area (Å²) in [6, 6.07) is 11.9. The Labute approximate surface area is 125 Å². The van der Waals surface area contributed by atoms with Gasteiger partial charge in [0.2, 0.25) is 5.75 Å². The van der Waals surface area contributed by atoms with Gasteiger partial charge in [-0.1, -0.05) is 29.8 Å². The molecule has 0 bridgehead atoms. The minimum Gasteiger partial charge on any atom is -0.493 e. The highest BCUT2D eigenvalue weighted by Crippen LogP contribution is 2.39. The van der Waals surface area contributed by atoms with Gasteiger partial charge in [-0.2, -0.15) is 0 Å². The van der Waals surface area contributed by atoms with Crippen LogP contribution in [0, 0.1) is 6.92 Å². The second-order valence-electron chi connectivity index (χ2n) is 4.81. The number of benzene rings is 2. The molecule has 0 heterocycles. The van der Waals surface area contributed by atoms with Crippen molar-refractivity contribution in [2.45, 2.75) is 20.1 Å². The molecule has 4 nitrogen and oxygen atoms in total. The molecule has 4 heteroatoms. The molecule has 0 saturated carbocycles. The molecule has 0 amide bonds. The average molecular weight is 287 g/mol. The molecule has 0 saturated heterocycles. The first kappa shape index (κ1) is 15.2. The Morgan fingerprint density at radius 1 is 0.952 bits per heavy atom. The van der Waals surface area contributed by atoms with E-state index in [9.17, 15) is 0 Å². The molecule has 0 aliphatic carbocycles. The molecule has 2 aromatic carbocycles. The zero-order valence-electron chi connectivity index (χ0n) is 12.7. The molecule has 0 spiro atoms. The van der Waals surface area contributed by atoms with E-state index in [-0.39, 0.29) is 0 Å². The Morgan fingerprint density at radius 2 is 1.62 bits per heavy atom. The molecule has 112 valence electrons. The van der Waals surface area contributed by atoms with E-state index in [1.54, 1.807) is 14.2 Å². The van der Waals surface area contributed by atoms with Crippen molar-refractivity contribution in [3.63, 3.8) is 0 Å². The lowest BCUT2D eigenvalue weighted by Crippen LogP contribution is -2.03. The number of aryl methyl sites for hydroxylation is 1. The maximum atomic E-state index is 5.90. The molecule has 0 aromatic heterocycles. The lowest BCUT2D eigenvalue weighted by molar-refractivity contribution is 0.265. The van der Waals surface area contributed by atoms with Crippen LogP contribution in [0.5, 0.6) is 17.2 Å². The Hall–Kier alpha value is -2.20. The summed E-state index contributed by atoms with van der Waals surface area (Å²) < 4.78 is 16.7. The van der Waals surface area contributed by atoms with Gasteiger partial charge in [-0.25, -0.2) is 0 Å². The van der Waals surface area contributed by atoms with Crippen LogP contribution in [0.4, 0.5) is 0 Å². The van der Waals surface area contributed by atoms with Crippen LogP contribution in [0.25, 0.3) is 0 Å². The molecule has 0 fully saturated rings. The third-order valence-corrected chi connectivity index (χ3v) is 3.22. The highest BCUT2D eigenvalue weighted by molar-refractivity contribution is 5.54. The van der Waals surface area contributed by atoms with Crippen LogP contribution in [-0.4, -0.2) is 14.2 Å². The van der Waals surface area contributed by atoms with Crippen LogP contribution in [0.3, 0.4) is 0 Å². The standard InChI is InChI=1S/C17H21NO3/c1-12-5-4-6-13(7-12)11-21-17-15(19-2)8-14(10-18)9-16(17)20-3/h4-9H,10-11,18H2,1-3H3. The molecule has 2 aromatic rings. The first-order valence-corrected chi connectivity index (χ1v) is 6.81. The van der Waals surface area contributed by atoms with Crippen LogP contribution in [0.15, 0.2) is 36.4 Å². The van der Waals surface area contributed by atoms with Crippen molar-refractivity contribution >= 4 is 0 Å². The van der Waals surface area contributed by atoms with Crippen molar-refractivity contribution in [3.8, 4) is 17.2 Å². The Kier molecular flexibility index (Phi) is 5.06. The molecule has 0 unspecified atom stereocenters. The van der Waals surface area contributed by atoms with E-state index in [1.807, 2.05) is 24.3 Å². The smallest absolute Gasteiger partial charge is 0.203 e. The molecule has 0 aliphatic rings. The SMILES string of the molecule is COc1cc(CN)cc(OC)c1OCc1cccc(C)c1. The number of ether oxygens (including phenoxy) is 3. The highest BCUT2D eigenvalue weighted by atomic mass is 16.5. The Morgan fingerprint density at radius 3 is 2.14 bits per heavy atom. The summed E-state index contributed by atoms with van der Waals surface area (Å²) >= 11 is 0. The van der Waals surface area contributed by atoms with Crippen LogP contribution in [0.2, 0.25) is 0 Å². The van der Waals surface area contributed by atoms with Crippen molar-refractivity contribution in [3.05, 3.63) is 53.1 Å². The van der Waals surface area contributed by atoms with Crippen LogP contribution in [0.1, 0.15) is 16.7 Å². The third kappa shape index (κ3) is 3.67. The van der Waals surface area contributed by atoms with E-state index in [2.05, 4.69) is 19.1 Å². The maximum Gasteiger partial charge on any atom is 0.203 e. The van der Waals surface area contributed by atoms with E-state index >= 15 is 0 Å². The van der Waals surface area contributed by atoms with Gasteiger partial charge in [-0.3, -0.25) is 0 Å². The first-order chi connectivity index (χ1) is 10.2. The minimum atomic E-state index is 0.422. The zero-order valence-corrected chi connectivity index (χ0v) is 12.7. The second-order valence-corrected chi connectivity index (χ2v) is 4.81. The fourth-order valence-corrected chi connectivity index (χ4v) is 2.15.